The predicted octanol–water partition coefficient (Wildman–Crippen LogP) is -0.147. The van der Waals surface area contributed by atoms with E-state index in [2.05, 4.69) is 5.32 Å². The van der Waals surface area contributed by atoms with Gasteiger partial charge in [-0.05, 0) is 13.0 Å². The lowest BCUT2D eigenvalue weighted by Gasteiger charge is -2.29. The highest BCUT2D eigenvalue weighted by atomic mass is 28.4. The van der Waals surface area contributed by atoms with Crippen molar-refractivity contribution in [3.63, 3.8) is 0 Å². The van der Waals surface area contributed by atoms with E-state index in [0.717, 1.165) is 25.6 Å². The van der Waals surface area contributed by atoms with Gasteiger partial charge in [-0.15, -0.1) is 0 Å². The van der Waals surface area contributed by atoms with Crippen molar-refractivity contribution in [1.29, 1.82) is 0 Å². The quantitative estimate of drug-likeness (QED) is 0.259. The summed E-state index contributed by atoms with van der Waals surface area (Å²) in [5.74, 6) is 0. The van der Waals surface area contributed by atoms with E-state index in [1.807, 2.05) is 0 Å². The summed E-state index contributed by atoms with van der Waals surface area (Å²) in [5, 5.41) is 3.27. The molecule has 0 aliphatic rings. The van der Waals surface area contributed by atoms with Gasteiger partial charge in [0.15, 0.2) is 0 Å². The first kappa shape index (κ1) is 22.9. The van der Waals surface area contributed by atoms with Crippen LogP contribution in [0.5, 0.6) is 0 Å². The van der Waals surface area contributed by atoms with Gasteiger partial charge in [0.25, 0.3) is 0 Å². The molecule has 0 atom stereocenters. The van der Waals surface area contributed by atoms with Crippen LogP contribution in [-0.2, 0) is 27.5 Å². The smallest absolute Gasteiger partial charge is 0.382 e. The van der Waals surface area contributed by atoms with Crippen molar-refractivity contribution >= 4 is 8.80 Å². The lowest BCUT2D eigenvalue weighted by atomic mass is 10.5. The first-order valence-electron chi connectivity index (χ1n) is 8.04. The van der Waals surface area contributed by atoms with E-state index in [9.17, 15) is 0 Å². The summed E-state index contributed by atoms with van der Waals surface area (Å²) < 4.78 is 33.1. The van der Waals surface area contributed by atoms with Crippen molar-refractivity contribution in [1.82, 2.24) is 5.32 Å². The third-order valence-corrected chi connectivity index (χ3v) is 5.88. The zero-order valence-electron chi connectivity index (χ0n) is 14.8. The Morgan fingerprint density at radius 3 is 1.61 bits per heavy atom. The van der Waals surface area contributed by atoms with Crippen molar-refractivity contribution in [3.8, 4) is 0 Å². The Kier molecular flexibility index (Phi) is 16.7. The minimum atomic E-state index is -2.78. The molecule has 23 heavy (non-hydrogen) atoms. The van der Waals surface area contributed by atoms with Gasteiger partial charge in [0.2, 0.25) is 0 Å². The molecule has 0 heterocycles. The maximum absolute atomic E-state index is 5.98. The molecule has 0 aromatic carbocycles. The zero-order valence-corrected chi connectivity index (χ0v) is 15.8. The van der Waals surface area contributed by atoms with E-state index in [1.54, 1.807) is 21.3 Å². The molecule has 0 aliphatic heterocycles. The van der Waals surface area contributed by atoms with E-state index in [4.69, 9.17) is 33.2 Å². The van der Waals surface area contributed by atoms with Crippen molar-refractivity contribution in [3.05, 3.63) is 0 Å². The van der Waals surface area contributed by atoms with Crippen molar-refractivity contribution in [2.75, 3.05) is 80.6 Å². The Balaban J connectivity index is 4.52. The summed E-state index contributed by atoms with van der Waals surface area (Å²) in [7, 11) is 2.14. The van der Waals surface area contributed by atoms with E-state index >= 15 is 0 Å². The monoisotopic (exact) mass is 354 g/mol. The molecule has 9 heteroatoms. The molecule has 0 unspecified atom stereocenters. The second kappa shape index (κ2) is 16.7. The second-order valence-corrected chi connectivity index (χ2v) is 7.58. The number of nitrogens with one attached hydrogen (secondary N) is 1. The van der Waals surface area contributed by atoms with Crippen LogP contribution in [0, 0.1) is 0 Å². The molecule has 0 fully saturated rings. The van der Waals surface area contributed by atoms with E-state index in [-0.39, 0.29) is 0 Å². The van der Waals surface area contributed by atoms with Crippen LogP contribution in [0.4, 0.5) is 0 Å². The molecule has 0 saturated heterocycles. The molecular formula is C14H34N2O6Si. The van der Waals surface area contributed by atoms with E-state index in [1.165, 1.54) is 0 Å². The van der Waals surface area contributed by atoms with E-state index < -0.39 is 8.80 Å². The highest BCUT2D eigenvalue weighted by molar-refractivity contribution is 6.60. The Morgan fingerprint density at radius 2 is 1.22 bits per heavy atom. The number of nitrogens with two attached hydrogens (primary N) is 1. The van der Waals surface area contributed by atoms with Crippen LogP contribution in [0.3, 0.4) is 0 Å². The minimum absolute atomic E-state index is 0.443. The Bertz CT molecular complexity index is 225. The molecule has 140 valence electrons. The third-order valence-electron chi connectivity index (χ3n) is 2.99. The lowest BCUT2D eigenvalue weighted by molar-refractivity contribution is 0.0143. The largest absolute Gasteiger partial charge is 0.501 e. The summed E-state index contributed by atoms with van der Waals surface area (Å²) in [6.07, 6.45) is 0.888. The van der Waals surface area contributed by atoms with Gasteiger partial charge in [0.05, 0.1) is 39.6 Å². The Labute approximate surface area is 141 Å². The fourth-order valence-electron chi connectivity index (χ4n) is 1.84. The fraction of sp³-hybridized carbons (Fsp3) is 1.00. The van der Waals surface area contributed by atoms with Crippen molar-refractivity contribution < 1.29 is 27.5 Å². The highest BCUT2D eigenvalue weighted by Gasteiger charge is 2.40. The lowest BCUT2D eigenvalue weighted by Crippen LogP contribution is -2.48. The van der Waals surface area contributed by atoms with Gasteiger partial charge in [-0.3, -0.25) is 0 Å². The van der Waals surface area contributed by atoms with Crippen LogP contribution in [0.25, 0.3) is 0 Å². The van der Waals surface area contributed by atoms with Gasteiger partial charge >= 0.3 is 8.80 Å². The number of ether oxygens (including phenoxy) is 3. The minimum Gasteiger partial charge on any atom is -0.382 e. The van der Waals surface area contributed by atoms with Gasteiger partial charge in [-0.2, -0.15) is 0 Å². The number of hydrogen-bond donors (Lipinski definition) is 2. The Morgan fingerprint density at radius 1 is 0.739 bits per heavy atom. The average molecular weight is 355 g/mol. The Hall–Kier alpha value is -0.103. The molecule has 0 saturated carbocycles. The molecule has 3 N–H and O–H groups in total. The predicted molar refractivity (Wildman–Crippen MR) is 90.6 cm³/mol. The van der Waals surface area contributed by atoms with Gasteiger partial charge in [-0.1, -0.05) is 0 Å². The number of hydrogen-bond acceptors (Lipinski definition) is 8. The van der Waals surface area contributed by atoms with Crippen LogP contribution in [0.15, 0.2) is 0 Å². The maximum atomic E-state index is 5.98. The molecule has 0 amide bonds. The molecule has 0 aromatic rings. The van der Waals surface area contributed by atoms with Crippen molar-refractivity contribution in [2.45, 2.75) is 12.5 Å². The topological polar surface area (TPSA) is 93.4 Å². The van der Waals surface area contributed by atoms with E-state index in [0.29, 0.717) is 46.2 Å². The number of rotatable bonds is 18. The van der Waals surface area contributed by atoms with Crippen LogP contribution in [-0.4, -0.2) is 89.4 Å². The second-order valence-electron chi connectivity index (χ2n) is 4.85. The summed E-state index contributed by atoms with van der Waals surface area (Å²) in [4.78, 5) is 0. The third kappa shape index (κ3) is 12.9. The van der Waals surface area contributed by atoms with Crippen LogP contribution in [0.1, 0.15) is 6.42 Å². The maximum Gasteiger partial charge on any atom is 0.501 e. The van der Waals surface area contributed by atoms with Crippen LogP contribution >= 0.6 is 0 Å². The molecule has 0 radical (unpaired) electrons. The van der Waals surface area contributed by atoms with Crippen LogP contribution < -0.4 is 11.1 Å². The summed E-state index contributed by atoms with van der Waals surface area (Å²) >= 11 is 0. The summed E-state index contributed by atoms with van der Waals surface area (Å²) in [5.41, 5.74) is 5.47. The fourth-order valence-corrected chi connectivity index (χ4v) is 4.32. The zero-order chi connectivity index (χ0) is 17.2. The molecule has 0 rings (SSSR count). The summed E-state index contributed by atoms with van der Waals surface area (Å²) in [6.45, 7) is 5.11. The molecular weight excluding hydrogens is 320 g/mol. The van der Waals surface area contributed by atoms with Crippen LogP contribution in [0.2, 0.25) is 6.04 Å². The van der Waals surface area contributed by atoms with Gasteiger partial charge in [0.1, 0.15) is 0 Å². The standard InChI is InChI=1S/C14H34N2O6Si/c1-17-8-11-20-23(21-12-9-18-2,22-13-10-19-3)14-4-6-16-7-5-15/h16H,4-15H2,1-3H3. The molecule has 0 aliphatic carbocycles. The SMILES string of the molecule is COCCO[Si](CCCNCCN)(OCCOC)OCCOC. The molecule has 0 bridgehead atoms. The van der Waals surface area contributed by atoms with Gasteiger partial charge in [0, 0.05) is 40.5 Å². The van der Waals surface area contributed by atoms with Gasteiger partial charge in [-0.25, -0.2) is 0 Å². The van der Waals surface area contributed by atoms with Gasteiger partial charge < -0.3 is 38.5 Å². The molecule has 8 nitrogen and oxygen atoms in total. The summed E-state index contributed by atoms with van der Waals surface area (Å²) in [6, 6.07) is 0.724. The number of methoxy groups -OCH3 is 3. The van der Waals surface area contributed by atoms with Crippen molar-refractivity contribution in [2.24, 2.45) is 5.73 Å². The normalized spacial score (nSPS) is 12.0. The molecule has 0 aromatic heterocycles. The average Bonchev–Trinajstić information content (AvgIpc) is 2.55. The first-order chi connectivity index (χ1) is 11.2. The highest BCUT2D eigenvalue weighted by Crippen LogP contribution is 2.18. The first-order valence-corrected chi connectivity index (χ1v) is 9.97. The molecule has 0 spiro atoms.